The first-order valence-corrected chi connectivity index (χ1v) is 8.41. The highest BCUT2D eigenvalue weighted by Crippen LogP contribution is 2.39. The fraction of sp³-hybridized carbons (Fsp3) is 0.300. The van der Waals surface area contributed by atoms with Crippen LogP contribution in [-0.4, -0.2) is 33.7 Å². The number of nitrogens with one attached hydrogen (secondary N) is 1. The molecule has 24 heavy (non-hydrogen) atoms. The molecule has 122 valence electrons. The van der Waals surface area contributed by atoms with Crippen molar-refractivity contribution in [1.29, 1.82) is 0 Å². The summed E-state index contributed by atoms with van der Waals surface area (Å²) in [6.07, 6.45) is 6.79. The number of fused-ring (bicyclic) bond motifs is 2. The van der Waals surface area contributed by atoms with Crippen LogP contribution >= 0.6 is 0 Å². The lowest BCUT2D eigenvalue weighted by atomic mass is 9.94. The molecule has 1 saturated heterocycles. The number of H-pyrrole nitrogens is 1. The number of benzene rings is 1. The molecular formula is C20H20N2O2. The van der Waals surface area contributed by atoms with Gasteiger partial charge in [0.1, 0.15) is 5.69 Å². The first kappa shape index (κ1) is 14.9. The van der Waals surface area contributed by atoms with Gasteiger partial charge in [0.2, 0.25) is 0 Å². The van der Waals surface area contributed by atoms with Crippen LogP contribution in [0, 0.1) is 0 Å². The predicted octanol–water partition coefficient (Wildman–Crippen LogP) is 3.68. The van der Waals surface area contributed by atoms with Crippen LogP contribution < -0.4 is 0 Å². The molecule has 2 aliphatic heterocycles. The number of aromatic nitrogens is 1. The summed E-state index contributed by atoms with van der Waals surface area (Å²) in [4.78, 5) is 29.3. The van der Waals surface area contributed by atoms with E-state index in [0.717, 1.165) is 19.3 Å². The molecule has 0 saturated carbocycles. The third-order valence-corrected chi connectivity index (χ3v) is 5.09. The van der Waals surface area contributed by atoms with Crippen LogP contribution in [0.25, 0.3) is 5.57 Å². The zero-order valence-electron chi connectivity index (χ0n) is 13.7. The monoisotopic (exact) mass is 320 g/mol. The van der Waals surface area contributed by atoms with Gasteiger partial charge in [-0.25, -0.2) is 0 Å². The third-order valence-electron chi connectivity index (χ3n) is 5.09. The first-order valence-electron chi connectivity index (χ1n) is 8.41. The van der Waals surface area contributed by atoms with Crippen LogP contribution in [-0.2, 0) is 0 Å². The quantitative estimate of drug-likeness (QED) is 0.877. The van der Waals surface area contributed by atoms with E-state index in [0.29, 0.717) is 11.3 Å². The van der Waals surface area contributed by atoms with E-state index >= 15 is 0 Å². The molecule has 1 aromatic carbocycles. The van der Waals surface area contributed by atoms with Gasteiger partial charge in [0.25, 0.3) is 5.91 Å². The van der Waals surface area contributed by atoms with Gasteiger partial charge >= 0.3 is 0 Å². The average Bonchev–Trinajstić information content (AvgIpc) is 3.18. The summed E-state index contributed by atoms with van der Waals surface area (Å²) in [6.45, 7) is 1.51. The van der Waals surface area contributed by atoms with Crippen molar-refractivity contribution < 1.29 is 9.59 Å². The SMILES string of the molecule is CC(=O)c1c[nH]c(C(=O)N2[C@@H]3CC[C@@H]2C=C(c2ccccc2)C3)c1. The number of amides is 1. The summed E-state index contributed by atoms with van der Waals surface area (Å²) in [5.41, 5.74) is 3.65. The molecule has 0 spiro atoms. The van der Waals surface area contributed by atoms with Crippen LogP contribution in [0.15, 0.2) is 48.7 Å². The smallest absolute Gasteiger partial charge is 0.271 e. The van der Waals surface area contributed by atoms with E-state index in [-0.39, 0.29) is 23.8 Å². The second-order valence-corrected chi connectivity index (χ2v) is 6.63. The Morgan fingerprint density at radius 3 is 2.62 bits per heavy atom. The summed E-state index contributed by atoms with van der Waals surface area (Å²) in [5.74, 6) is -0.0310. The van der Waals surface area contributed by atoms with E-state index < -0.39 is 0 Å². The van der Waals surface area contributed by atoms with Crippen molar-refractivity contribution in [1.82, 2.24) is 9.88 Å². The van der Waals surface area contributed by atoms with Crippen LogP contribution in [0.2, 0.25) is 0 Å². The third kappa shape index (κ3) is 2.48. The number of carbonyl (C=O) groups excluding carboxylic acids is 2. The second kappa shape index (κ2) is 5.78. The number of ketones is 1. The Balaban J connectivity index is 1.60. The van der Waals surface area contributed by atoms with Gasteiger partial charge in [-0.05, 0) is 43.4 Å². The maximum atomic E-state index is 12.9. The van der Waals surface area contributed by atoms with Gasteiger partial charge in [0.05, 0.1) is 6.04 Å². The standard InChI is InChI=1S/C20H20N2O2/c1-13(23)16-11-19(21-12-16)20(24)22-17-7-8-18(22)10-15(9-17)14-5-3-2-4-6-14/h2-6,9,11-12,17-18,21H,7-8,10H2,1H3/t17-,18-/m1/s1. The number of rotatable bonds is 3. The minimum absolute atomic E-state index is 0.00152. The summed E-state index contributed by atoms with van der Waals surface area (Å²) in [7, 11) is 0. The van der Waals surface area contributed by atoms with Gasteiger partial charge in [0, 0.05) is 17.8 Å². The van der Waals surface area contributed by atoms with Crippen molar-refractivity contribution in [3.05, 3.63) is 65.5 Å². The van der Waals surface area contributed by atoms with Crippen LogP contribution in [0.3, 0.4) is 0 Å². The highest BCUT2D eigenvalue weighted by molar-refractivity contribution is 5.99. The first-order chi connectivity index (χ1) is 11.6. The lowest BCUT2D eigenvalue weighted by Crippen LogP contribution is -2.43. The highest BCUT2D eigenvalue weighted by Gasteiger charge is 2.40. The van der Waals surface area contributed by atoms with Crippen LogP contribution in [0.4, 0.5) is 0 Å². The molecule has 2 aliphatic rings. The molecule has 0 radical (unpaired) electrons. The van der Waals surface area contributed by atoms with E-state index in [1.54, 1.807) is 12.3 Å². The summed E-state index contributed by atoms with van der Waals surface area (Å²) >= 11 is 0. The van der Waals surface area contributed by atoms with E-state index in [2.05, 4.69) is 35.3 Å². The Morgan fingerprint density at radius 2 is 1.96 bits per heavy atom. The largest absolute Gasteiger partial charge is 0.356 e. The Labute approximate surface area is 141 Å². The molecule has 0 unspecified atom stereocenters. The van der Waals surface area contributed by atoms with Crippen molar-refractivity contribution >= 4 is 17.3 Å². The lowest BCUT2D eigenvalue weighted by molar-refractivity contribution is 0.0687. The van der Waals surface area contributed by atoms with Crippen molar-refractivity contribution in [3.63, 3.8) is 0 Å². The van der Waals surface area contributed by atoms with Crippen molar-refractivity contribution in [2.75, 3.05) is 0 Å². The second-order valence-electron chi connectivity index (χ2n) is 6.63. The van der Waals surface area contributed by atoms with E-state index in [4.69, 9.17) is 0 Å². The lowest BCUT2D eigenvalue weighted by Gasteiger charge is -2.34. The maximum absolute atomic E-state index is 12.9. The molecule has 1 aromatic heterocycles. The summed E-state index contributed by atoms with van der Waals surface area (Å²) < 4.78 is 0. The predicted molar refractivity (Wildman–Crippen MR) is 92.8 cm³/mol. The van der Waals surface area contributed by atoms with Crippen molar-refractivity contribution in [2.45, 2.75) is 38.3 Å². The number of carbonyl (C=O) groups is 2. The molecular weight excluding hydrogens is 300 g/mol. The normalized spacial score (nSPS) is 22.4. The zero-order valence-corrected chi connectivity index (χ0v) is 13.7. The summed E-state index contributed by atoms with van der Waals surface area (Å²) in [5, 5.41) is 0. The minimum Gasteiger partial charge on any atom is -0.356 e. The Hall–Kier alpha value is -2.62. The Kier molecular flexibility index (Phi) is 3.60. The van der Waals surface area contributed by atoms with Gasteiger partial charge in [-0.1, -0.05) is 36.4 Å². The molecule has 4 heteroatoms. The number of aromatic amines is 1. The Morgan fingerprint density at radius 1 is 1.17 bits per heavy atom. The van der Waals surface area contributed by atoms with Crippen molar-refractivity contribution in [2.24, 2.45) is 0 Å². The number of nitrogens with zero attached hydrogens (tertiary/aromatic N) is 1. The Bertz CT molecular complexity index is 819. The van der Waals surface area contributed by atoms with E-state index in [1.165, 1.54) is 18.1 Å². The fourth-order valence-corrected chi connectivity index (χ4v) is 3.87. The van der Waals surface area contributed by atoms with Crippen molar-refractivity contribution in [3.8, 4) is 0 Å². The molecule has 2 bridgehead atoms. The minimum atomic E-state index is -0.0295. The van der Waals surface area contributed by atoms with Crippen LogP contribution in [0.1, 0.15) is 52.6 Å². The number of hydrogen-bond acceptors (Lipinski definition) is 2. The highest BCUT2D eigenvalue weighted by atomic mass is 16.2. The molecule has 1 N–H and O–H groups in total. The van der Waals surface area contributed by atoms with Gasteiger partial charge in [-0.15, -0.1) is 0 Å². The topological polar surface area (TPSA) is 53.2 Å². The molecule has 1 amide bonds. The molecule has 3 heterocycles. The zero-order chi connectivity index (χ0) is 16.7. The van der Waals surface area contributed by atoms with E-state index in [9.17, 15) is 9.59 Å². The van der Waals surface area contributed by atoms with Gasteiger partial charge in [-0.2, -0.15) is 0 Å². The number of Topliss-reactive ketones (excluding diaryl/α,β-unsaturated/α-hetero) is 1. The fourth-order valence-electron chi connectivity index (χ4n) is 3.87. The average molecular weight is 320 g/mol. The van der Waals surface area contributed by atoms with Gasteiger partial charge in [0.15, 0.2) is 5.78 Å². The van der Waals surface area contributed by atoms with E-state index in [1.807, 2.05) is 11.0 Å². The summed E-state index contributed by atoms with van der Waals surface area (Å²) in [6, 6.07) is 12.5. The molecule has 2 atom stereocenters. The van der Waals surface area contributed by atoms with Crippen LogP contribution in [0.5, 0.6) is 0 Å². The van der Waals surface area contributed by atoms with Gasteiger partial charge in [-0.3, -0.25) is 9.59 Å². The molecule has 0 aliphatic carbocycles. The number of hydrogen-bond donors (Lipinski definition) is 1. The van der Waals surface area contributed by atoms with Gasteiger partial charge < -0.3 is 9.88 Å². The molecule has 4 rings (SSSR count). The molecule has 2 aromatic rings. The molecule has 1 fully saturated rings. The molecule has 4 nitrogen and oxygen atoms in total. The maximum Gasteiger partial charge on any atom is 0.271 e.